The van der Waals surface area contributed by atoms with Gasteiger partial charge in [0.15, 0.2) is 0 Å². The predicted octanol–water partition coefficient (Wildman–Crippen LogP) is 3.73. The lowest BCUT2D eigenvalue weighted by Gasteiger charge is -2.44. The molecule has 1 aromatic carbocycles. The molecule has 1 spiro atoms. The summed E-state index contributed by atoms with van der Waals surface area (Å²) in [6.07, 6.45) is 8.68. The SMILES string of the molecule is C=CC(=O)N1CCN(c2nc(OC[C@@H]3CCCN3C)nc3c2CCC2(CCCc4ccccc42)O3)C[C@H]1C. The zero-order valence-corrected chi connectivity index (χ0v) is 22.7. The molecule has 2 fully saturated rings. The van der Waals surface area contributed by atoms with E-state index in [2.05, 4.69) is 54.6 Å². The van der Waals surface area contributed by atoms with Crippen LogP contribution in [0.15, 0.2) is 36.9 Å². The number of hydrogen-bond donors (Lipinski definition) is 0. The topological polar surface area (TPSA) is 71.0 Å². The molecule has 1 amide bonds. The highest BCUT2D eigenvalue weighted by molar-refractivity contribution is 5.87. The van der Waals surface area contributed by atoms with Crippen molar-refractivity contribution in [3.63, 3.8) is 0 Å². The van der Waals surface area contributed by atoms with E-state index < -0.39 is 0 Å². The monoisotopic (exact) mass is 517 g/mol. The molecule has 8 nitrogen and oxygen atoms in total. The Hall–Kier alpha value is -3.13. The number of benzene rings is 1. The molecular weight excluding hydrogens is 478 g/mol. The molecule has 1 aromatic heterocycles. The fraction of sp³-hybridized carbons (Fsp3) is 0.567. The molecular formula is C30H39N5O3. The average Bonchev–Trinajstić information content (AvgIpc) is 3.35. The molecule has 0 saturated carbocycles. The number of amides is 1. The standard InChI is InChI=1S/C30H39N5O3/c1-4-26(36)35-18-17-34(19-21(35)2)27-24-13-15-30(14-7-10-22-9-5-6-12-25(22)30)38-28(24)32-29(31-27)37-20-23-11-8-16-33(23)3/h4-6,9,12,21,23H,1,7-8,10-11,13-20H2,2-3H3/t21-,23+,30?/m1/s1. The summed E-state index contributed by atoms with van der Waals surface area (Å²) < 4.78 is 13.2. The molecule has 2 saturated heterocycles. The van der Waals surface area contributed by atoms with Crippen LogP contribution < -0.4 is 14.4 Å². The Morgan fingerprint density at radius 1 is 1.18 bits per heavy atom. The second kappa shape index (κ2) is 10.2. The summed E-state index contributed by atoms with van der Waals surface area (Å²) in [5.41, 5.74) is 3.39. The number of fused-ring (bicyclic) bond motifs is 3. The van der Waals surface area contributed by atoms with Crippen molar-refractivity contribution in [3.8, 4) is 11.9 Å². The quantitative estimate of drug-likeness (QED) is 0.560. The van der Waals surface area contributed by atoms with Gasteiger partial charge in [0, 0.05) is 31.7 Å². The van der Waals surface area contributed by atoms with Crippen molar-refractivity contribution in [2.45, 2.75) is 69.6 Å². The largest absolute Gasteiger partial charge is 0.466 e. The second-order valence-electron chi connectivity index (χ2n) is 11.3. The first-order chi connectivity index (χ1) is 18.5. The summed E-state index contributed by atoms with van der Waals surface area (Å²) in [5.74, 6) is 1.53. The van der Waals surface area contributed by atoms with Crippen molar-refractivity contribution in [1.82, 2.24) is 19.8 Å². The van der Waals surface area contributed by atoms with Gasteiger partial charge in [-0.25, -0.2) is 0 Å². The van der Waals surface area contributed by atoms with Crippen LogP contribution in [-0.2, 0) is 23.2 Å². The lowest BCUT2D eigenvalue weighted by molar-refractivity contribution is -0.128. The van der Waals surface area contributed by atoms with Crippen LogP contribution in [0.4, 0.5) is 5.82 Å². The number of likely N-dealkylation sites (N-methyl/N-ethyl adjacent to an activating group) is 1. The Bertz CT molecular complexity index is 1220. The average molecular weight is 518 g/mol. The minimum Gasteiger partial charge on any atom is -0.466 e. The third-order valence-corrected chi connectivity index (χ3v) is 8.99. The first-order valence-corrected chi connectivity index (χ1v) is 14.2. The van der Waals surface area contributed by atoms with Gasteiger partial charge < -0.3 is 24.2 Å². The number of hydrogen-bond acceptors (Lipinski definition) is 7. The van der Waals surface area contributed by atoms with Crippen LogP contribution in [0.25, 0.3) is 0 Å². The second-order valence-corrected chi connectivity index (χ2v) is 11.3. The van der Waals surface area contributed by atoms with Gasteiger partial charge in [0.25, 0.3) is 0 Å². The molecule has 4 aliphatic rings. The number of carbonyl (C=O) groups is 1. The van der Waals surface area contributed by atoms with Gasteiger partial charge in [0.2, 0.25) is 11.8 Å². The van der Waals surface area contributed by atoms with Crippen LogP contribution in [0.2, 0.25) is 0 Å². The summed E-state index contributed by atoms with van der Waals surface area (Å²) in [5, 5.41) is 0. The van der Waals surface area contributed by atoms with Gasteiger partial charge in [-0.1, -0.05) is 30.8 Å². The van der Waals surface area contributed by atoms with E-state index >= 15 is 0 Å². The van der Waals surface area contributed by atoms with Crippen molar-refractivity contribution in [3.05, 3.63) is 53.6 Å². The molecule has 38 heavy (non-hydrogen) atoms. The fourth-order valence-corrected chi connectivity index (χ4v) is 6.83. The molecule has 0 radical (unpaired) electrons. The minimum atomic E-state index is -0.348. The summed E-state index contributed by atoms with van der Waals surface area (Å²) in [7, 11) is 2.15. The molecule has 6 rings (SSSR count). The smallest absolute Gasteiger partial charge is 0.321 e. The molecule has 8 heteroatoms. The first-order valence-electron chi connectivity index (χ1n) is 14.2. The minimum absolute atomic E-state index is 0.0205. The van der Waals surface area contributed by atoms with Gasteiger partial charge in [0.1, 0.15) is 18.0 Å². The van der Waals surface area contributed by atoms with E-state index in [-0.39, 0.29) is 17.6 Å². The molecule has 2 aromatic rings. The Morgan fingerprint density at radius 2 is 2.05 bits per heavy atom. The van der Waals surface area contributed by atoms with Gasteiger partial charge in [-0.2, -0.15) is 9.97 Å². The van der Waals surface area contributed by atoms with Gasteiger partial charge >= 0.3 is 6.01 Å². The van der Waals surface area contributed by atoms with Crippen LogP contribution >= 0.6 is 0 Å². The predicted molar refractivity (Wildman–Crippen MR) is 147 cm³/mol. The van der Waals surface area contributed by atoms with E-state index in [0.29, 0.717) is 44.2 Å². The maximum Gasteiger partial charge on any atom is 0.321 e. The van der Waals surface area contributed by atoms with Gasteiger partial charge in [-0.3, -0.25) is 4.79 Å². The van der Waals surface area contributed by atoms with Crippen LogP contribution in [0.5, 0.6) is 11.9 Å². The maximum atomic E-state index is 12.3. The van der Waals surface area contributed by atoms with Crippen molar-refractivity contribution >= 4 is 11.7 Å². The van der Waals surface area contributed by atoms with E-state index in [1.807, 2.05) is 4.90 Å². The Kier molecular flexibility index (Phi) is 6.76. The molecule has 1 aliphatic carbocycles. The van der Waals surface area contributed by atoms with Gasteiger partial charge in [0.05, 0.1) is 5.56 Å². The van der Waals surface area contributed by atoms with Crippen molar-refractivity contribution < 1.29 is 14.3 Å². The fourth-order valence-electron chi connectivity index (χ4n) is 6.83. The molecule has 4 heterocycles. The Morgan fingerprint density at radius 3 is 2.84 bits per heavy atom. The summed E-state index contributed by atoms with van der Waals surface area (Å²) >= 11 is 0. The molecule has 202 valence electrons. The van der Waals surface area contributed by atoms with E-state index in [1.54, 1.807) is 0 Å². The number of ether oxygens (including phenoxy) is 2. The van der Waals surface area contributed by atoms with Crippen molar-refractivity contribution in [2.75, 3.05) is 44.7 Å². The number of aromatic nitrogens is 2. The van der Waals surface area contributed by atoms with Crippen LogP contribution in [0.1, 0.15) is 55.7 Å². The summed E-state index contributed by atoms with van der Waals surface area (Å²) in [6, 6.07) is 9.52. The van der Waals surface area contributed by atoms with Crippen molar-refractivity contribution in [1.29, 1.82) is 0 Å². The number of aryl methyl sites for hydroxylation is 1. The van der Waals surface area contributed by atoms with Crippen LogP contribution in [0.3, 0.4) is 0 Å². The molecule has 0 bridgehead atoms. The zero-order chi connectivity index (χ0) is 26.3. The Labute approximate surface area is 225 Å². The highest BCUT2D eigenvalue weighted by Gasteiger charge is 2.44. The van der Waals surface area contributed by atoms with Crippen LogP contribution in [0, 0.1) is 0 Å². The summed E-state index contributed by atoms with van der Waals surface area (Å²) in [6.45, 7) is 9.45. The van der Waals surface area contributed by atoms with E-state index in [9.17, 15) is 4.79 Å². The number of nitrogens with zero attached hydrogens (tertiary/aromatic N) is 5. The van der Waals surface area contributed by atoms with E-state index in [1.165, 1.54) is 23.6 Å². The molecule has 3 aliphatic heterocycles. The third kappa shape index (κ3) is 4.53. The zero-order valence-electron chi connectivity index (χ0n) is 22.7. The Balaban J connectivity index is 1.33. The maximum absolute atomic E-state index is 12.3. The third-order valence-electron chi connectivity index (χ3n) is 8.99. The number of anilines is 1. The van der Waals surface area contributed by atoms with Gasteiger partial charge in [-0.15, -0.1) is 0 Å². The highest BCUT2D eigenvalue weighted by Crippen LogP contribution is 2.48. The van der Waals surface area contributed by atoms with Crippen LogP contribution in [-0.4, -0.2) is 77.6 Å². The summed E-state index contributed by atoms with van der Waals surface area (Å²) in [4.78, 5) is 28.7. The lowest BCUT2D eigenvalue weighted by atomic mass is 9.75. The normalized spacial score (nSPS) is 27.0. The number of carbonyl (C=O) groups excluding carboxylic acids is 1. The van der Waals surface area contributed by atoms with E-state index in [4.69, 9.17) is 19.4 Å². The number of rotatable bonds is 5. The lowest BCUT2D eigenvalue weighted by Crippen LogP contribution is -2.54. The number of likely N-dealkylation sites (tertiary alicyclic amines) is 1. The highest BCUT2D eigenvalue weighted by atomic mass is 16.5. The van der Waals surface area contributed by atoms with E-state index in [0.717, 1.165) is 56.5 Å². The van der Waals surface area contributed by atoms with Gasteiger partial charge in [-0.05, 0) is 82.7 Å². The number of piperazine rings is 1. The molecule has 1 unspecified atom stereocenters. The first kappa shape index (κ1) is 25.2. The molecule has 0 N–H and O–H groups in total. The molecule has 3 atom stereocenters. The van der Waals surface area contributed by atoms with Crippen molar-refractivity contribution in [2.24, 2.45) is 0 Å².